The number of aromatic nitrogens is 4. The fraction of sp³-hybridized carbons (Fsp3) is 0.278. The number of aliphatic hydroxyl groups is 4. The van der Waals surface area contributed by atoms with E-state index in [4.69, 9.17) is 0 Å². The summed E-state index contributed by atoms with van der Waals surface area (Å²) in [6.07, 6.45) is 4.82. The maximum absolute atomic E-state index is 11.1. The van der Waals surface area contributed by atoms with E-state index in [0.717, 1.165) is 11.1 Å². The van der Waals surface area contributed by atoms with E-state index in [1.807, 2.05) is 72.8 Å². The number of pyridine rings is 4. The second kappa shape index (κ2) is 15.4. The van der Waals surface area contributed by atoms with Crippen LogP contribution in [0.5, 0.6) is 0 Å². The molecular weight excluding hydrogens is 552 g/mol. The van der Waals surface area contributed by atoms with Crippen LogP contribution in [0.4, 0.5) is 0 Å². The fourth-order valence-corrected chi connectivity index (χ4v) is 5.63. The largest absolute Gasteiger partial charge is 0.387 e. The number of hydrogen-bond acceptors (Lipinski definition) is 8. The van der Waals surface area contributed by atoms with E-state index in [2.05, 4.69) is 19.9 Å². The molecule has 5 aromatic rings. The summed E-state index contributed by atoms with van der Waals surface area (Å²) >= 11 is 0. The Kier molecular flexibility index (Phi) is 10.9. The standard InChI is InChI=1S/C36H38N4O4/c41-33(29-9-1-5-17-37-29)21-27(22-34(42)30-10-2-6-18-38-30)25-13-15-26(16-14-25)28(23-35(43)31-11-3-7-19-39-31)24-36(44)32-12-4-8-20-40-32/h1-20,27-28,33-36,41-44H,21-24H2. The highest BCUT2D eigenvalue weighted by Gasteiger charge is 2.26. The van der Waals surface area contributed by atoms with Crippen LogP contribution in [0.1, 0.15) is 95.8 Å². The van der Waals surface area contributed by atoms with Gasteiger partial charge in [0.25, 0.3) is 0 Å². The lowest BCUT2D eigenvalue weighted by Gasteiger charge is -2.25. The predicted octanol–water partition coefficient (Wildman–Crippen LogP) is 5.93. The minimum atomic E-state index is -0.813. The van der Waals surface area contributed by atoms with Crippen LogP contribution < -0.4 is 0 Å². The highest BCUT2D eigenvalue weighted by atomic mass is 16.3. The van der Waals surface area contributed by atoms with Crippen molar-refractivity contribution in [2.75, 3.05) is 0 Å². The number of hydrogen-bond donors (Lipinski definition) is 4. The highest BCUT2D eigenvalue weighted by Crippen LogP contribution is 2.38. The van der Waals surface area contributed by atoms with Gasteiger partial charge in [-0.3, -0.25) is 19.9 Å². The minimum absolute atomic E-state index is 0.199. The maximum atomic E-state index is 11.1. The molecule has 0 bridgehead atoms. The van der Waals surface area contributed by atoms with Gasteiger partial charge in [0.05, 0.1) is 47.2 Å². The van der Waals surface area contributed by atoms with E-state index in [1.165, 1.54) is 0 Å². The van der Waals surface area contributed by atoms with Gasteiger partial charge in [-0.2, -0.15) is 0 Å². The van der Waals surface area contributed by atoms with Gasteiger partial charge in [0.15, 0.2) is 0 Å². The normalized spacial score (nSPS) is 15.5. The molecule has 226 valence electrons. The van der Waals surface area contributed by atoms with Crippen LogP contribution >= 0.6 is 0 Å². The Morgan fingerprint density at radius 1 is 0.364 bits per heavy atom. The first-order valence-electron chi connectivity index (χ1n) is 14.9. The van der Waals surface area contributed by atoms with Gasteiger partial charge in [-0.25, -0.2) is 0 Å². The molecule has 0 radical (unpaired) electrons. The van der Waals surface area contributed by atoms with Crippen molar-refractivity contribution in [3.63, 3.8) is 0 Å². The van der Waals surface area contributed by atoms with Gasteiger partial charge in [-0.15, -0.1) is 0 Å². The molecule has 5 rings (SSSR count). The third-order valence-electron chi connectivity index (χ3n) is 8.03. The summed E-state index contributed by atoms with van der Waals surface area (Å²) < 4.78 is 0. The second-order valence-electron chi connectivity index (χ2n) is 11.1. The molecule has 1 aromatic carbocycles. The molecule has 4 heterocycles. The molecule has 0 spiro atoms. The van der Waals surface area contributed by atoms with E-state index >= 15 is 0 Å². The first kappa shape index (κ1) is 31.1. The van der Waals surface area contributed by atoms with Gasteiger partial charge in [0.2, 0.25) is 0 Å². The molecule has 0 saturated carbocycles. The predicted molar refractivity (Wildman–Crippen MR) is 167 cm³/mol. The van der Waals surface area contributed by atoms with Gasteiger partial charge in [0, 0.05) is 24.8 Å². The van der Waals surface area contributed by atoms with Crippen LogP contribution in [0.2, 0.25) is 0 Å². The molecule has 8 heteroatoms. The molecule has 4 unspecified atom stereocenters. The Morgan fingerprint density at radius 2 is 0.614 bits per heavy atom. The first-order chi connectivity index (χ1) is 21.5. The molecule has 0 amide bonds. The van der Waals surface area contributed by atoms with Crippen molar-refractivity contribution >= 4 is 0 Å². The quantitative estimate of drug-likeness (QED) is 0.125. The van der Waals surface area contributed by atoms with Crippen molar-refractivity contribution < 1.29 is 20.4 Å². The smallest absolute Gasteiger partial charge is 0.0965 e. The topological polar surface area (TPSA) is 132 Å². The molecule has 8 nitrogen and oxygen atoms in total. The third-order valence-corrected chi connectivity index (χ3v) is 8.03. The lowest BCUT2D eigenvalue weighted by Crippen LogP contribution is -2.14. The molecule has 0 fully saturated rings. The zero-order chi connectivity index (χ0) is 30.7. The second-order valence-corrected chi connectivity index (χ2v) is 11.1. The molecule has 4 aromatic heterocycles. The zero-order valence-electron chi connectivity index (χ0n) is 24.4. The van der Waals surface area contributed by atoms with E-state index < -0.39 is 24.4 Å². The van der Waals surface area contributed by atoms with Crippen LogP contribution in [-0.4, -0.2) is 40.4 Å². The van der Waals surface area contributed by atoms with Gasteiger partial charge in [-0.1, -0.05) is 48.5 Å². The summed E-state index contributed by atoms with van der Waals surface area (Å²) in [4.78, 5) is 17.3. The van der Waals surface area contributed by atoms with E-state index in [0.29, 0.717) is 48.5 Å². The number of benzene rings is 1. The Balaban J connectivity index is 1.40. The maximum Gasteiger partial charge on any atom is 0.0965 e. The third kappa shape index (κ3) is 8.39. The molecule has 0 aliphatic rings. The van der Waals surface area contributed by atoms with Crippen molar-refractivity contribution in [3.8, 4) is 0 Å². The van der Waals surface area contributed by atoms with Crippen molar-refractivity contribution in [1.82, 2.24) is 19.9 Å². The molecule has 4 N–H and O–H groups in total. The molecular formula is C36H38N4O4. The average Bonchev–Trinajstić information content (AvgIpc) is 3.09. The van der Waals surface area contributed by atoms with Crippen molar-refractivity contribution in [1.29, 1.82) is 0 Å². The van der Waals surface area contributed by atoms with Crippen molar-refractivity contribution in [3.05, 3.63) is 156 Å². The summed E-state index contributed by atoms with van der Waals surface area (Å²) in [6.45, 7) is 0. The van der Waals surface area contributed by atoms with E-state index in [-0.39, 0.29) is 11.8 Å². The van der Waals surface area contributed by atoms with Crippen LogP contribution in [-0.2, 0) is 0 Å². The molecule has 0 aliphatic carbocycles. The fourth-order valence-electron chi connectivity index (χ4n) is 5.63. The average molecular weight is 591 g/mol. The summed E-state index contributed by atoms with van der Waals surface area (Å²) in [7, 11) is 0. The molecule has 44 heavy (non-hydrogen) atoms. The van der Waals surface area contributed by atoms with Crippen LogP contribution in [0.3, 0.4) is 0 Å². The number of aliphatic hydroxyl groups excluding tert-OH is 4. The van der Waals surface area contributed by atoms with Gasteiger partial charge < -0.3 is 20.4 Å². The van der Waals surface area contributed by atoms with E-state index in [1.54, 1.807) is 49.1 Å². The summed E-state index contributed by atoms with van der Waals surface area (Å²) in [5.41, 5.74) is 4.21. The van der Waals surface area contributed by atoms with Gasteiger partial charge in [0.1, 0.15) is 0 Å². The highest BCUT2D eigenvalue weighted by molar-refractivity contribution is 5.30. The lowest BCUT2D eigenvalue weighted by atomic mass is 9.83. The Hall–Kier alpha value is -4.34. The molecule has 0 aliphatic heterocycles. The zero-order valence-corrected chi connectivity index (χ0v) is 24.4. The van der Waals surface area contributed by atoms with Gasteiger partial charge in [-0.05, 0) is 97.2 Å². The van der Waals surface area contributed by atoms with Gasteiger partial charge >= 0.3 is 0 Å². The summed E-state index contributed by atoms with van der Waals surface area (Å²) in [5.74, 6) is -0.399. The summed E-state index contributed by atoms with van der Waals surface area (Å²) in [6, 6.07) is 29.8. The van der Waals surface area contributed by atoms with Crippen molar-refractivity contribution in [2.45, 2.75) is 61.9 Å². The Labute approximate surface area is 257 Å². The molecule has 4 atom stereocenters. The minimum Gasteiger partial charge on any atom is -0.387 e. The Bertz CT molecular complexity index is 1310. The van der Waals surface area contributed by atoms with Crippen LogP contribution in [0.25, 0.3) is 0 Å². The number of rotatable bonds is 14. The lowest BCUT2D eigenvalue weighted by molar-refractivity contribution is 0.117. The SMILES string of the molecule is OC(CC(CC(O)c1ccccn1)c1ccc(C(CC(O)c2ccccn2)CC(O)c2ccccn2)cc1)c1ccccn1. The summed E-state index contributed by atoms with van der Waals surface area (Å²) in [5, 5.41) is 44.3. The number of nitrogens with zero attached hydrogens (tertiary/aromatic N) is 4. The van der Waals surface area contributed by atoms with Crippen LogP contribution in [0.15, 0.2) is 122 Å². The Morgan fingerprint density at radius 3 is 0.818 bits per heavy atom. The monoisotopic (exact) mass is 590 g/mol. The van der Waals surface area contributed by atoms with Crippen LogP contribution in [0, 0.1) is 0 Å². The van der Waals surface area contributed by atoms with Crippen molar-refractivity contribution in [2.24, 2.45) is 0 Å². The van der Waals surface area contributed by atoms with E-state index in [9.17, 15) is 20.4 Å². The molecule has 0 saturated heterocycles. The first-order valence-corrected chi connectivity index (χ1v) is 14.9.